The van der Waals surface area contributed by atoms with Gasteiger partial charge in [0.05, 0.1) is 12.5 Å². The molecule has 0 fully saturated rings. The van der Waals surface area contributed by atoms with Crippen molar-refractivity contribution in [3.05, 3.63) is 0 Å². The van der Waals surface area contributed by atoms with Crippen LogP contribution in [-0.4, -0.2) is 71.4 Å². The molecule has 0 heterocycles. The van der Waals surface area contributed by atoms with E-state index in [2.05, 4.69) is 20.9 Å². The third-order valence-electron chi connectivity index (χ3n) is 5.45. The van der Waals surface area contributed by atoms with E-state index in [-0.39, 0.29) is 24.8 Å². The number of aliphatic imine (C=N–C) groups is 1. The second-order valence-electron chi connectivity index (χ2n) is 9.19. The quantitative estimate of drug-likeness (QED) is 0.0598. The van der Waals surface area contributed by atoms with Crippen LogP contribution in [0.25, 0.3) is 0 Å². The van der Waals surface area contributed by atoms with Gasteiger partial charge in [-0.2, -0.15) is 0 Å². The Morgan fingerprint density at radius 2 is 1.47 bits per heavy atom. The van der Waals surface area contributed by atoms with Crippen LogP contribution in [0.3, 0.4) is 0 Å². The first-order chi connectivity index (χ1) is 16.7. The van der Waals surface area contributed by atoms with Crippen LogP contribution in [-0.2, 0) is 24.0 Å². The molecule has 0 bridgehead atoms. The van der Waals surface area contributed by atoms with Crippen molar-refractivity contribution in [2.45, 2.75) is 84.0 Å². The molecular formula is C22H42N8O6. The Morgan fingerprint density at radius 1 is 0.889 bits per heavy atom. The fourth-order valence-corrected chi connectivity index (χ4v) is 3.28. The van der Waals surface area contributed by atoms with Crippen LogP contribution in [0.15, 0.2) is 4.99 Å². The maximum absolute atomic E-state index is 13.0. The number of amides is 4. The Balaban J connectivity index is 5.53. The number of rotatable bonds is 17. The van der Waals surface area contributed by atoms with Crippen molar-refractivity contribution in [2.75, 3.05) is 6.54 Å². The van der Waals surface area contributed by atoms with Crippen LogP contribution < -0.4 is 38.9 Å². The van der Waals surface area contributed by atoms with E-state index >= 15 is 0 Å². The molecule has 0 saturated carbocycles. The molecule has 5 unspecified atom stereocenters. The number of aliphatic carboxylic acids is 1. The molecule has 5 atom stereocenters. The summed E-state index contributed by atoms with van der Waals surface area (Å²) in [5.41, 5.74) is 21.6. The van der Waals surface area contributed by atoms with Gasteiger partial charge >= 0.3 is 5.97 Å². The van der Waals surface area contributed by atoms with E-state index in [1.807, 2.05) is 13.8 Å². The summed E-state index contributed by atoms with van der Waals surface area (Å²) in [6.07, 6.45) is 0.649. The summed E-state index contributed by atoms with van der Waals surface area (Å²) in [5.74, 6) is -4.71. The molecule has 0 saturated heterocycles. The first-order valence-electron chi connectivity index (χ1n) is 11.9. The Labute approximate surface area is 211 Å². The minimum atomic E-state index is -1.36. The smallest absolute Gasteiger partial charge is 0.326 e. The third kappa shape index (κ3) is 12.9. The highest BCUT2D eigenvalue weighted by atomic mass is 16.4. The zero-order valence-electron chi connectivity index (χ0n) is 21.5. The summed E-state index contributed by atoms with van der Waals surface area (Å²) in [6, 6.07) is -4.65. The number of nitrogens with zero attached hydrogens (tertiary/aromatic N) is 1. The second kappa shape index (κ2) is 16.3. The van der Waals surface area contributed by atoms with Gasteiger partial charge in [-0.25, -0.2) is 4.79 Å². The van der Waals surface area contributed by atoms with E-state index < -0.39 is 66.1 Å². The topological polar surface area (TPSA) is 258 Å². The summed E-state index contributed by atoms with van der Waals surface area (Å²) in [7, 11) is 0. The molecule has 0 rings (SSSR count). The largest absolute Gasteiger partial charge is 0.480 e. The van der Waals surface area contributed by atoms with E-state index in [1.165, 1.54) is 0 Å². The van der Waals surface area contributed by atoms with Crippen molar-refractivity contribution >= 4 is 35.6 Å². The minimum absolute atomic E-state index is 0.0487. The number of hydrogen-bond acceptors (Lipinski definition) is 7. The number of carbonyl (C=O) groups is 5. The van der Waals surface area contributed by atoms with Gasteiger partial charge < -0.3 is 44.0 Å². The van der Waals surface area contributed by atoms with Gasteiger partial charge in [-0.15, -0.1) is 0 Å². The summed E-state index contributed by atoms with van der Waals surface area (Å²) >= 11 is 0. The molecule has 14 heteroatoms. The van der Waals surface area contributed by atoms with Crippen molar-refractivity contribution in [3.8, 4) is 0 Å². The van der Waals surface area contributed by atoms with Gasteiger partial charge in [0, 0.05) is 6.54 Å². The molecule has 4 amide bonds. The number of carboxylic acids is 1. The van der Waals surface area contributed by atoms with Crippen molar-refractivity contribution in [2.24, 2.45) is 39.8 Å². The zero-order valence-corrected chi connectivity index (χ0v) is 21.5. The van der Waals surface area contributed by atoms with Gasteiger partial charge in [-0.05, 0) is 31.1 Å². The average molecular weight is 515 g/mol. The highest BCUT2D eigenvalue weighted by Gasteiger charge is 2.33. The van der Waals surface area contributed by atoms with Crippen LogP contribution >= 0.6 is 0 Å². The van der Waals surface area contributed by atoms with Gasteiger partial charge in [0.15, 0.2) is 5.96 Å². The maximum atomic E-state index is 13.0. The third-order valence-corrected chi connectivity index (χ3v) is 5.45. The predicted molar refractivity (Wildman–Crippen MR) is 134 cm³/mol. The summed E-state index contributed by atoms with van der Waals surface area (Å²) in [5, 5.41) is 16.9. The van der Waals surface area contributed by atoms with Crippen LogP contribution in [0.4, 0.5) is 0 Å². The lowest BCUT2D eigenvalue weighted by Crippen LogP contribution is -2.59. The monoisotopic (exact) mass is 514 g/mol. The number of primary amides is 1. The van der Waals surface area contributed by atoms with Crippen molar-refractivity contribution < 1.29 is 29.1 Å². The van der Waals surface area contributed by atoms with Gasteiger partial charge in [0.1, 0.15) is 18.1 Å². The second-order valence-corrected chi connectivity index (χ2v) is 9.19. The van der Waals surface area contributed by atoms with Crippen LogP contribution in [0.5, 0.6) is 0 Å². The fourth-order valence-electron chi connectivity index (χ4n) is 3.28. The highest BCUT2D eigenvalue weighted by molar-refractivity contribution is 5.96. The Kier molecular flexibility index (Phi) is 14.7. The van der Waals surface area contributed by atoms with E-state index in [1.54, 1.807) is 13.8 Å². The fraction of sp³-hybridized carbons (Fsp3) is 0.727. The lowest BCUT2D eigenvalue weighted by molar-refractivity contribution is -0.143. The van der Waals surface area contributed by atoms with Crippen molar-refractivity contribution in [1.29, 1.82) is 0 Å². The number of carboxylic acid groups (broad SMARTS) is 1. The molecular weight excluding hydrogens is 472 g/mol. The molecule has 0 aliphatic carbocycles. The number of nitrogens with one attached hydrogen (secondary N) is 3. The Bertz CT molecular complexity index is 799. The number of carbonyl (C=O) groups excluding carboxylic acids is 4. The van der Waals surface area contributed by atoms with Gasteiger partial charge in [-0.1, -0.05) is 34.1 Å². The first-order valence-corrected chi connectivity index (χ1v) is 11.9. The van der Waals surface area contributed by atoms with Crippen LogP contribution in [0.2, 0.25) is 0 Å². The van der Waals surface area contributed by atoms with E-state index in [0.717, 1.165) is 0 Å². The standard InChI is InChI=1S/C22H42N8O6/c1-5-12(4)17(20(34)28-14(21(35)36)7-6-8-27-22(25)26)30-19(33)15(10-16(24)31)29-18(32)13(23)9-11(2)3/h11-15,17H,5-10,23H2,1-4H3,(H2,24,31)(H,28,34)(H,29,32)(H,30,33)(H,35,36)(H4,25,26,27). The molecule has 36 heavy (non-hydrogen) atoms. The molecule has 0 aliphatic rings. The van der Waals surface area contributed by atoms with Gasteiger partial charge in [0.25, 0.3) is 0 Å². The lowest BCUT2D eigenvalue weighted by atomic mass is 9.97. The summed E-state index contributed by atoms with van der Waals surface area (Å²) in [6.45, 7) is 7.41. The molecule has 206 valence electrons. The molecule has 0 aromatic rings. The SMILES string of the molecule is CCC(C)C(NC(=O)C(CC(N)=O)NC(=O)C(N)CC(C)C)C(=O)NC(CCCN=C(N)N)C(=O)O. The van der Waals surface area contributed by atoms with E-state index in [0.29, 0.717) is 19.3 Å². The van der Waals surface area contributed by atoms with Crippen molar-refractivity contribution in [1.82, 2.24) is 16.0 Å². The first kappa shape index (κ1) is 32.6. The van der Waals surface area contributed by atoms with E-state index in [4.69, 9.17) is 22.9 Å². The molecule has 0 radical (unpaired) electrons. The van der Waals surface area contributed by atoms with Crippen molar-refractivity contribution in [3.63, 3.8) is 0 Å². The Hall–Kier alpha value is -3.42. The minimum Gasteiger partial charge on any atom is -0.480 e. The molecule has 12 N–H and O–H groups in total. The van der Waals surface area contributed by atoms with Crippen LogP contribution in [0, 0.1) is 11.8 Å². The normalized spacial score (nSPS) is 15.1. The lowest BCUT2D eigenvalue weighted by Gasteiger charge is -2.28. The maximum Gasteiger partial charge on any atom is 0.326 e. The molecule has 14 nitrogen and oxygen atoms in total. The van der Waals surface area contributed by atoms with Gasteiger partial charge in [0.2, 0.25) is 23.6 Å². The zero-order chi connectivity index (χ0) is 28.0. The van der Waals surface area contributed by atoms with Crippen LogP contribution in [0.1, 0.15) is 59.8 Å². The molecule has 0 aliphatic heterocycles. The van der Waals surface area contributed by atoms with Gasteiger partial charge in [-0.3, -0.25) is 24.2 Å². The predicted octanol–water partition coefficient (Wildman–Crippen LogP) is -2.13. The number of guanidine groups is 1. The molecule has 0 aromatic heterocycles. The molecule has 0 aromatic carbocycles. The number of nitrogens with two attached hydrogens (primary N) is 4. The van der Waals surface area contributed by atoms with E-state index in [9.17, 15) is 29.1 Å². The molecule has 0 spiro atoms. The summed E-state index contributed by atoms with van der Waals surface area (Å²) < 4.78 is 0. The average Bonchev–Trinajstić information content (AvgIpc) is 2.76. The Morgan fingerprint density at radius 3 is 1.94 bits per heavy atom. The summed E-state index contributed by atoms with van der Waals surface area (Å²) in [4.78, 5) is 65.3. The number of hydrogen-bond donors (Lipinski definition) is 8. The highest BCUT2D eigenvalue weighted by Crippen LogP contribution is 2.11.